The fourth-order valence-corrected chi connectivity index (χ4v) is 8.43. The third-order valence-corrected chi connectivity index (χ3v) is 11.4. The van der Waals surface area contributed by atoms with E-state index in [1.165, 1.54) is 0 Å². The Hall–Kier alpha value is -3.42. The number of sulfonamides is 1. The second kappa shape index (κ2) is 14.6. The Morgan fingerprint density at radius 3 is 2.30 bits per heavy atom. The van der Waals surface area contributed by atoms with Crippen molar-refractivity contribution >= 4 is 33.1 Å². The summed E-state index contributed by atoms with van der Waals surface area (Å²) in [7, 11) is -3.62. The molecule has 4 unspecified atom stereocenters. The number of nitrogens with zero attached hydrogens (tertiary/aromatic N) is 2. The van der Waals surface area contributed by atoms with Crippen molar-refractivity contribution in [2.45, 2.75) is 54.7 Å². The second-order valence-corrected chi connectivity index (χ2v) is 15.4. The summed E-state index contributed by atoms with van der Waals surface area (Å²) in [6.45, 7) is 4.25. The normalized spacial score (nSPS) is 20.1. The zero-order chi connectivity index (χ0) is 32.1. The van der Waals surface area contributed by atoms with Crippen LogP contribution in [0.1, 0.15) is 46.6 Å². The molecule has 1 aromatic heterocycles. The predicted molar refractivity (Wildman–Crippen MR) is 181 cm³/mol. The van der Waals surface area contributed by atoms with Crippen LogP contribution in [0.3, 0.4) is 0 Å². The highest BCUT2D eigenvalue weighted by atomic mass is 32.2. The average Bonchev–Trinajstić information content (AvgIpc) is 3.52. The molecule has 8 nitrogen and oxygen atoms in total. The fraction of sp³-hybridized carbons (Fsp3) is 0.257. The molecule has 1 fully saturated rings. The largest absolute Gasteiger partial charge is 0.392 e. The lowest BCUT2D eigenvalue weighted by molar-refractivity contribution is -0.268. The van der Waals surface area contributed by atoms with Crippen LogP contribution < -0.4 is 4.72 Å². The molecule has 0 amide bonds. The summed E-state index contributed by atoms with van der Waals surface area (Å²) in [5, 5.41) is 18.9. The van der Waals surface area contributed by atoms with Gasteiger partial charge >= 0.3 is 0 Å². The van der Waals surface area contributed by atoms with Crippen molar-refractivity contribution in [3.8, 4) is 11.1 Å². The number of ether oxygens (including phenoxy) is 2. The van der Waals surface area contributed by atoms with Crippen LogP contribution in [0, 0.1) is 12.8 Å². The van der Waals surface area contributed by atoms with E-state index in [1.807, 2.05) is 73.7 Å². The first-order valence-corrected chi connectivity index (χ1v) is 18.2. The molecule has 1 aliphatic heterocycles. The maximum absolute atomic E-state index is 12.8. The Morgan fingerprint density at radius 1 is 0.848 bits per heavy atom. The Morgan fingerprint density at radius 2 is 1.59 bits per heavy atom. The SMILES string of the molecule is Cc1nnc(SCC2OC(c3cccc(-c4cccc(CNS(=O)(=O)c5ccccc5)c4)c3)OC(c3ccc(CO)cc3)C2C)s1. The number of rotatable bonds is 11. The van der Waals surface area contributed by atoms with Crippen LogP contribution in [0.4, 0.5) is 0 Å². The Kier molecular flexibility index (Phi) is 10.3. The third kappa shape index (κ3) is 7.75. The highest BCUT2D eigenvalue weighted by Crippen LogP contribution is 2.43. The van der Waals surface area contributed by atoms with E-state index >= 15 is 0 Å². The Labute approximate surface area is 277 Å². The van der Waals surface area contributed by atoms with Crippen molar-refractivity contribution < 1.29 is 23.0 Å². The van der Waals surface area contributed by atoms with E-state index in [-0.39, 0.29) is 36.2 Å². The molecule has 6 rings (SSSR count). The van der Waals surface area contributed by atoms with Gasteiger partial charge in [0, 0.05) is 23.8 Å². The van der Waals surface area contributed by atoms with E-state index in [4.69, 9.17) is 9.47 Å². The predicted octanol–water partition coefficient (Wildman–Crippen LogP) is 7.07. The van der Waals surface area contributed by atoms with E-state index in [0.717, 1.165) is 42.7 Å². The Bertz CT molecular complexity index is 1870. The topological polar surface area (TPSA) is 111 Å². The van der Waals surface area contributed by atoms with Gasteiger partial charge in [0.1, 0.15) is 5.01 Å². The van der Waals surface area contributed by atoms with Crippen LogP contribution in [-0.2, 0) is 32.6 Å². The van der Waals surface area contributed by atoms with Gasteiger partial charge in [0.15, 0.2) is 10.6 Å². The monoisotopic (exact) mass is 673 g/mol. The molecule has 11 heteroatoms. The summed E-state index contributed by atoms with van der Waals surface area (Å²) in [5.74, 6) is 0.749. The summed E-state index contributed by atoms with van der Waals surface area (Å²) in [6, 6.07) is 32.2. The van der Waals surface area contributed by atoms with E-state index < -0.39 is 16.3 Å². The molecule has 1 saturated heterocycles. The number of hydrogen-bond acceptors (Lipinski definition) is 9. The molecular formula is C35H35N3O5S3. The van der Waals surface area contributed by atoms with Gasteiger partial charge in [0.05, 0.1) is 23.7 Å². The fourth-order valence-electron chi connectivity index (χ4n) is 5.39. The smallest absolute Gasteiger partial charge is 0.240 e. The van der Waals surface area contributed by atoms with E-state index in [9.17, 15) is 13.5 Å². The van der Waals surface area contributed by atoms with Gasteiger partial charge in [-0.15, -0.1) is 10.2 Å². The standard InChI is InChI=1S/C35H35N3O5S3/c1-23-32(22-44-35-38-37-24(2)45-35)42-34(43-33(23)27-16-14-25(21-39)15-17-27)30-11-7-10-29(19-30)28-9-6-8-26(18-28)20-36-46(40,41)31-12-4-3-5-13-31/h3-19,23,32-34,36,39H,20-22H2,1-2H3. The minimum atomic E-state index is -3.62. The molecule has 0 saturated carbocycles. The van der Waals surface area contributed by atoms with Crippen molar-refractivity contribution in [2.24, 2.45) is 5.92 Å². The first-order valence-electron chi connectivity index (χ1n) is 15.0. The zero-order valence-corrected chi connectivity index (χ0v) is 27.9. The molecule has 2 N–H and O–H groups in total. The van der Waals surface area contributed by atoms with Crippen LogP contribution >= 0.6 is 23.1 Å². The maximum atomic E-state index is 12.8. The second-order valence-electron chi connectivity index (χ2n) is 11.2. The number of aromatic nitrogens is 2. The van der Waals surface area contributed by atoms with Crippen LogP contribution in [0.25, 0.3) is 11.1 Å². The molecule has 46 heavy (non-hydrogen) atoms. The maximum Gasteiger partial charge on any atom is 0.240 e. The van der Waals surface area contributed by atoms with Crippen molar-refractivity contribution in [3.63, 3.8) is 0 Å². The van der Waals surface area contributed by atoms with Gasteiger partial charge in [-0.2, -0.15) is 0 Å². The molecular weight excluding hydrogens is 639 g/mol. The summed E-state index contributed by atoms with van der Waals surface area (Å²) in [5.41, 5.74) is 5.53. The van der Waals surface area contributed by atoms with Crippen molar-refractivity contribution in [1.29, 1.82) is 0 Å². The number of nitrogens with one attached hydrogen (secondary N) is 1. The highest BCUT2D eigenvalue weighted by molar-refractivity contribution is 8.01. The molecule has 4 atom stereocenters. The van der Waals surface area contributed by atoms with E-state index in [0.29, 0.717) is 5.75 Å². The van der Waals surface area contributed by atoms with Crippen molar-refractivity contribution in [3.05, 3.63) is 130 Å². The molecule has 0 radical (unpaired) electrons. The molecule has 2 heterocycles. The minimum Gasteiger partial charge on any atom is -0.392 e. The quantitative estimate of drug-likeness (QED) is 0.143. The Balaban J connectivity index is 1.23. The van der Waals surface area contributed by atoms with Crippen LogP contribution in [0.2, 0.25) is 0 Å². The van der Waals surface area contributed by atoms with Crippen molar-refractivity contribution in [1.82, 2.24) is 14.9 Å². The molecule has 4 aromatic carbocycles. The third-order valence-electron chi connectivity index (χ3n) is 7.94. The minimum absolute atomic E-state index is 0.0134. The number of thioether (sulfide) groups is 1. The van der Waals surface area contributed by atoms with Gasteiger partial charge < -0.3 is 14.6 Å². The number of aliphatic hydroxyl groups excluding tert-OH is 1. The van der Waals surface area contributed by atoms with Crippen LogP contribution in [0.15, 0.2) is 112 Å². The van der Waals surface area contributed by atoms with Gasteiger partial charge in [0.2, 0.25) is 10.0 Å². The summed E-state index contributed by atoms with van der Waals surface area (Å²) in [6.07, 6.45) is -0.959. The van der Waals surface area contributed by atoms with Gasteiger partial charge in [-0.3, -0.25) is 0 Å². The zero-order valence-electron chi connectivity index (χ0n) is 25.4. The molecule has 0 bridgehead atoms. The highest BCUT2D eigenvalue weighted by Gasteiger charge is 2.38. The van der Waals surface area contributed by atoms with Crippen LogP contribution in [-0.4, -0.2) is 35.6 Å². The lowest BCUT2D eigenvalue weighted by Crippen LogP contribution is -2.38. The van der Waals surface area contributed by atoms with Crippen molar-refractivity contribution in [2.75, 3.05) is 5.75 Å². The van der Waals surface area contributed by atoms with E-state index in [2.05, 4.69) is 27.9 Å². The van der Waals surface area contributed by atoms with Gasteiger partial charge in [-0.25, -0.2) is 13.1 Å². The summed E-state index contributed by atoms with van der Waals surface area (Å²) >= 11 is 3.21. The lowest BCUT2D eigenvalue weighted by atomic mass is 9.91. The molecule has 5 aromatic rings. The van der Waals surface area contributed by atoms with Crippen LogP contribution in [0.5, 0.6) is 0 Å². The van der Waals surface area contributed by atoms with Gasteiger partial charge in [0.25, 0.3) is 0 Å². The first kappa shape index (κ1) is 32.5. The molecule has 238 valence electrons. The molecule has 0 aliphatic carbocycles. The summed E-state index contributed by atoms with van der Waals surface area (Å²) in [4.78, 5) is 0.235. The number of hydrogen-bond donors (Lipinski definition) is 2. The lowest BCUT2D eigenvalue weighted by Gasteiger charge is -2.41. The number of aryl methyl sites for hydroxylation is 1. The van der Waals surface area contributed by atoms with Gasteiger partial charge in [-0.1, -0.05) is 109 Å². The summed E-state index contributed by atoms with van der Waals surface area (Å²) < 4.78 is 42.4. The average molecular weight is 674 g/mol. The molecule has 0 spiro atoms. The number of benzene rings is 4. The number of aliphatic hydroxyl groups is 1. The molecule has 1 aliphatic rings. The first-order chi connectivity index (χ1) is 22.3. The van der Waals surface area contributed by atoms with Gasteiger partial charge in [-0.05, 0) is 59.0 Å². The van der Waals surface area contributed by atoms with E-state index in [1.54, 1.807) is 53.4 Å².